The van der Waals surface area contributed by atoms with Gasteiger partial charge in [0, 0.05) is 12.6 Å². The van der Waals surface area contributed by atoms with Gasteiger partial charge in [0.2, 0.25) is 5.91 Å². The van der Waals surface area contributed by atoms with Crippen molar-refractivity contribution in [2.75, 3.05) is 6.54 Å². The van der Waals surface area contributed by atoms with E-state index < -0.39 is 0 Å². The number of nitrogens with two attached hydrogens (primary N) is 1. The molecule has 17 heavy (non-hydrogen) atoms. The van der Waals surface area contributed by atoms with E-state index in [0.29, 0.717) is 12.6 Å². The minimum absolute atomic E-state index is 0.0564. The zero-order valence-corrected chi connectivity index (χ0v) is 10.9. The highest BCUT2D eigenvalue weighted by atomic mass is 16.5. The summed E-state index contributed by atoms with van der Waals surface area (Å²) in [6.45, 7) is 4.96. The van der Waals surface area contributed by atoms with Crippen molar-refractivity contribution in [2.24, 2.45) is 11.1 Å². The summed E-state index contributed by atoms with van der Waals surface area (Å²) in [6.07, 6.45) is 4.99. The Morgan fingerprint density at radius 1 is 1.41 bits per heavy atom. The lowest BCUT2D eigenvalue weighted by atomic mass is 9.87. The van der Waals surface area contributed by atoms with Crippen molar-refractivity contribution in [1.29, 1.82) is 0 Å². The maximum absolute atomic E-state index is 12.1. The molecule has 0 aromatic carbocycles. The second-order valence-electron chi connectivity index (χ2n) is 6.00. The van der Waals surface area contributed by atoms with E-state index in [0.717, 1.165) is 19.3 Å². The van der Waals surface area contributed by atoms with Gasteiger partial charge in [0.05, 0.1) is 6.10 Å². The number of ether oxygens (including phenoxy) is 1. The molecule has 0 aromatic heterocycles. The molecule has 0 spiro atoms. The Hall–Kier alpha value is -0.610. The molecule has 0 bridgehead atoms. The van der Waals surface area contributed by atoms with Crippen LogP contribution in [0.15, 0.2) is 0 Å². The number of carbonyl (C=O) groups excluding carboxylic acids is 1. The molecular formula is C13H24N2O2. The molecule has 3 unspecified atom stereocenters. The summed E-state index contributed by atoms with van der Waals surface area (Å²) in [7, 11) is 0. The smallest absolute Gasteiger partial charge is 0.249 e. The highest BCUT2D eigenvalue weighted by Gasteiger charge is 2.38. The van der Waals surface area contributed by atoms with Crippen LogP contribution in [0.4, 0.5) is 0 Å². The Morgan fingerprint density at radius 3 is 2.71 bits per heavy atom. The van der Waals surface area contributed by atoms with Crippen molar-refractivity contribution >= 4 is 5.91 Å². The first-order valence-corrected chi connectivity index (χ1v) is 6.69. The van der Waals surface area contributed by atoms with Crippen LogP contribution in [0.25, 0.3) is 0 Å². The molecule has 1 aliphatic carbocycles. The van der Waals surface area contributed by atoms with Gasteiger partial charge in [-0.15, -0.1) is 0 Å². The van der Waals surface area contributed by atoms with Crippen LogP contribution in [-0.4, -0.2) is 30.7 Å². The molecule has 2 fully saturated rings. The highest BCUT2D eigenvalue weighted by Crippen LogP contribution is 2.37. The van der Waals surface area contributed by atoms with Crippen LogP contribution in [-0.2, 0) is 9.53 Å². The first kappa shape index (κ1) is 12.8. The molecule has 1 heterocycles. The fourth-order valence-corrected chi connectivity index (χ4v) is 2.93. The number of amides is 1. The topological polar surface area (TPSA) is 64.4 Å². The largest absolute Gasteiger partial charge is 0.364 e. The Kier molecular flexibility index (Phi) is 3.73. The monoisotopic (exact) mass is 240 g/mol. The quantitative estimate of drug-likeness (QED) is 0.779. The van der Waals surface area contributed by atoms with Crippen LogP contribution in [0, 0.1) is 5.41 Å². The third-order valence-corrected chi connectivity index (χ3v) is 4.24. The number of hydrogen-bond donors (Lipinski definition) is 2. The second-order valence-corrected chi connectivity index (χ2v) is 6.00. The molecule has 0 aromatic rings. The minimum Gasteiger partial charge on any atom is -0.364 e. The molecule has 0 radical (unpaired) electrons. The Morgan fingerprint density at radius 2 is 2.18 bits per heavy atom. The molecule has 1 amide bonds. The molecule has 1 saturated carbocycles. The van der Waals surface area contributed by atoms with Crippen LogP contribution in [0.2, 0.25) is 0 Å². The zero-order chi connectivity index (χ0) is 12.5. The number of hydrogen-bond acceptors (Lipinski definition) is 3. The van der Waals surface area contributed by atoms with Gasteiger partial charge in [-0.1, -0.05) is 20.3 Å². The van der Waals surface area contributed by atoms with E-state index in [1.54, 1.807) is 0 Å². The van der Waals surface area contributed by atoms with Crippen LogP contribution in [0.1, 0.15) is 46.0 Å². The van der Waals surface area contributed by atoms with Crippen LogP contribution in [0.3, 0.4) is 0 Å². The van der Waals surface area contributed by atoms with Crippen LogP contribution < -0.4 is 11.1 Å². The van der Waals surface area contributed by atoms with Gasteiger partial charge >= 0.3 is 0 Å². The van der Waals surface area contributed by atoms with Crippen molar-refractivity contribution < 1.29 is 9.53 Å². The third-order valence-electron chi connectivity index (χ3n) is 4.24. The normalized spacial score (nSPS) is 36.1. The lowest BCUT2D eigenvalue weighted by Crippen LogP contribution is -2.46. The van der Waals surface area contributed by atoms with Crippen molar-refractivity contribution in [2.45, 2.75) is 64.2 Å². The van der Waals surface area contributed by atoms with E-state index in [1.807, 2.05) is 0 Å². The summed E-state index contributed by atoms with van der Waals surface area (Å²) in [4.78, 5) is 12.1. The first-order valence-electron chi connectivity index (χ1n) is 6.69. The predicted molar refractivity (Wildman–Crippen MR) is 66.5 cm³/mol. The number of carbonyl (C=O) groups is 1. The molecule has 4 heteroatoms. The third kappa shape index (κ3) is 2.80. The summed E-state index contributed by atoms with van der Waals surface area (Å²) in [5.41, 5.74) is 5.77. The molecule has 4 nitrogen and oxygen atoms in total. The standard InChI is InChI=1S/C13H24N2O2/c1-13(2)7-3-4-11(13)15-12(16)10-6-5-9(8-14)17-10/h9-11H,3-8,14H2,1-2H3,(H,15,16). The summed E-state index contributed by atoms with van der Waals surface area (Å²) >= 11 is 0. The average Bonchev–Trinajstić information content (AvgIpc) is 2.86. The van der Waals surface area contributed by atoms with Gasteiger partial charge in [-0.3, -0.25) is 4.79 Å². The molecule has 3 N–H and O–H groups in total. The predicted octanol–water partition coefficient (Wildman–Crippen LogP) is 1.19. The number of nitrogens with one attached hydrogen (secondary N) is 1. The highest BCUT2D eigenvalue weighted by molar-refractivity contribution is 5.81. The van der Waals surface area contributed by atoms with E-state index in [4.69, 9.17) is 10.5 Å². The number of rotatable bonds is 3. The Labute approximate surface area is 103 Å². The van der Waals surface area contributed by atoms with Gasteiger partial charge in [-0.05, 0) is 31.1 Å². The van der Waals surface area contributed by atoms with E-state index >= 15 is 0 Å². The van der Waals surface area contributed by atoms with Crippen LogP contribution in [0.5, 0.6) is 0 Å². The SMILES string of the molecule is CC1(C)CCCC1NC(=O)C1CCC(CN)O1. The molecule has 2 rings (SSSR count). The molecule has 1 aliphatic heterocycles. The maximum Gasteiger partial charge on any atom is 0.249 e. The summed E-state index contributed by atoms with van der Waals surface area (Å²) in [5.74, 6) is 0.0564. The lowest BCUT2D eigenvalue weighted by molar-refractivity contribution is -0.133. The summed E-state index contributed by atoms with van der Waals surface area (Å²) < 4.78 is 5.61. The lowest BCUT2D eigenvalue weighted by Gasteiger charge is -2.28. The van der Waals surface area contributed by atoms with Crippen molar-refractivity contribution in [3.63, 3.8) is 0 Å². The van der Waals surface area contributed by atoms with Gasteiger partial charge in [-0.25, -0.2) is 0 Å². The molecule has 3 atom stereocenters. The summed E-state index contributed by atoms with van der Waals surface area (Å²) in [6, 6.07) is 0.301. The minimum atomic E-state index is -0.278. The van der Waals surface area contributed by atoms with E-state index in [-0.39, 0.29) is 23.5 Å². The second kappa shape index (κ2) is 4.94. The Balaban J connectivity index is 1.85. The van der Waals surface area contributed by atoms with Crippen molar-refractivity contribution in [3.8, 4) is 0 Å². The van der Waals surface area contributed by atoms with Gasteiger partial charge < -0.3 is 15.8 Å². The van der Waals surface area contributed by atoms with E-state index in [9.17, 15) is 4.79 Å². The molecular weight excluding hydrogens is 216 g/mol. The molecule has 98 valence electrons. The van der Waals surface area contributed by atoms with Gasteiger partial charge in [0.25, 0.3) is 0 Å². The van der Waals surface area contributed by atoms with Crippen molar-refractivity contribution in [3.05, 3.63) is 0 Å². The fraction of sp³-hybridized carbons (Fsp3) is 0.923. The fourth-order valence-electron chi connectivity index (χ4n) is 2.93. The molecule has 1 saturated heterocycles. The molecule has 2 aliphatic rings. The maximum atomic E-state index is 12.1. The zero-order valence-electron chi connectivity index (χ0n) is 10.9. The van der Waals surface area contributed by atoms with Gasteiger partial charge in [0.15, 0.2) is 0 Å². The Bertz CT molecular complexity index is 291. The van der Waals surface area contributed by atoms with Gasteiger partial charge in [0.1, 0.15) is 6.10 Å². The van der Waals surface area contributed by atoms with Crippen molar-refractivity contribution in [1.82, 2.24) is 5.32 Å². The van der Waals surface area contributed by atoms with E-state index in [1.165, 1.54) is 12.8 Å². The first-order chi connectivity index (χ1) is 8.03. The average molecular weight is 240 g/mol. The van der Waals surface area contributed by atoms with Crippen LogP contribution >= 0.6 is 0 Å². The summed E-state index contributed by atoms with van der Waals surface area (Å²) in [5, 5.41) is 3.15. The van der Waals surface area contributed by atoms with Gasteiger partial charge in [-0.2, -0.15) is 0 Å². The van der Waals surface area contributed by atoms with E-state index in [2.05, 4.69) is 19.2 Å².